The van der Waals surface area contributed by atoms with Crippen molar-refractivity contribution in [2.45, 2.75) is 0 Å². The Bertz CT molecular complexity index is 747. The quantitative estimate of drug-likeness (QED) is 0.759. The van der Waals surface area contributed by atoms with Crippen LogP contribution in [-0.2, 0) is 0 Å². The molecule has 0 radical (unpaired) electrons. The second-order valence-electron chi connectivity index (χ2n) is 3.65. The maximum Gasteiger partial charge on any atom is 0.358 e. The first-order chi connectivity index (χ1) is 8.65. The Morgan fingerprint density at radius 2 is 2.22 bits per heavy atom. The molecule has 0 amide bonds. The fourth-order valence-corrected chi connectivity index (χ4v) is 2.05. The minimum atomic E-state index is -1.12. The van der Waals surface area contributed by atoms with Gasteiger partial charge in [0.1, 0.15) is 4.60 Å². The van der Waals surface area contributed by atoms with Gasteiger partial charge < -0.3 is 9.63 Å². The summed E-state index contributed by atoms with van der Waals surface area (Å²) < 4.78 is 5.76. The highest BCUT2D eigenvalue weighted by Crippen LogP contribution is 2.27. The number of carboxylic acid groups (broad SMARTS) is 1. The Hall–Kier alpha value is -2.15. The van der Waals surface area contributed by atoms with E-state index in [1.54, 1.807) is 6.07 Å². The first kappa shape index (κ1) is 11.0. The fourth-order valence-electron chi connectivity index (χ4n) is 1.64. The van der Waals surface area contributed by atoms with E-state index >= 15 is 0 Å². The number of benzene rings is 1. The molecule has 0 saturated heterocycles. The van der Waals surface area contributed by atoms with Crippen LogP contribution in [-0.4, -0.2) is 26.4 Å². The van der Waals surface area contributed by atoms with Crippen LogP contribution in [0.1, 0.15) is 10.5 Å². The van der Waals surface area contributed by atoms with Crippen molar-refractivity contribution in [1.29, 1.82) is 0 Å². The number of nitrogens with one attached hydrogen (secondary N) is 1. The minimum Gasteiger partial charge on any atom is -0.476 e. The van der Waals surface area contributed by atoms with Crippen LogP contribution < -0.4 is 0 Å². The zero-order valence-electron chi connectivity index (χ0n) is 8.85. The third-order valence-electron chi connectivity index (χ3n) is 2.52. The van der Waals surface area contributed by atoms with Crippen molar-refractivity contribution in [1.82, 2.24) is 15.4 Å². The summed E-state index contributed by atoms with van der Waals surface area (Å²) in [5.74, 6) is -0.710. The number of aromatic amines is 1. The molecule has 0 bridgehead atoms. The van der Waals surface area contributed by atoms with Gasteiger partial charge in [0.25, 0.3) is 0 Å². The molecule has 0 spiro atoms. The van der Waals surface area contributed by atoms with Gasteiger partial charge in [-0.05, 0) is 34.1 Å². The lowest BCUT2D eigenvalue weighted by atomic mass is 10.1. The lowest BCUT2D eigenvalue weighted by molar-refractivity contribution is 0.0686. The maximum absolute atomic E-state index is 10.7. The molecule has 0 saturated carbocycles. The SMILES string of the molecule is O=C(O)c1cc(-c2ccc3n[nH]c(Br)c3c2)on1. The van der Waals surface area contributed by atoms with Gasteiger partial charge in [-0.3, -0.25) is 5.10 Å². The number of rotatable bonds is 2. The van der Waals surface area contributed by atoms with Crippen molar-refractivity contribution in [3.63, 3.8) is 0 Å². The predicted molar refractivity (Wildman–Crippen MR) is 66.2 cm³/mol. The Morgan fingerprint density at radius 1 is 1.39 bits per heavy atom. The molecule has 2 N–H and O–H groups in total. The van der Waals surface area contributed by atoms with Gasteiger partial charge in [-0.2, -0.15) is 5.10 Å². The summed E-state index contributed by atoms with van der Waals surface area (Å²) in [4.78, 5) is 10.7. The zero-order valence-corrected chi connectivity index (χ0v) is 10.4. The molecule has 90 valence electrons. The average Bonchev–Trinajstić information content (AvgIpc) is 2.96. The van der Waals surface area contributed by atoms with Gasteiger partial charge in [0.15, 0.2) is 11.5 Å². The van der Waals surface area contributed by atoms with E-state index in [9.17, 15) is 4.79 Å². The second-order valence-corrected chi connectivity index (χ2v) is 4.44. The van der Waals surface area contributed by atoms with E-state index in [1.165, 1.54) is 6.07 Å². The molecule has 3 aromatic rings. The van der Waals surface area contributed by atoms with Crippen molar-refractivity contribution < 1.29 is 14.4 Å². The van der Waals surface area contributed by atoms with Crippen LogP contribution in [0.3, 0.4) is 0 Å². The summed E-state index contributed by atoms with van der Waals surface area (Å²) in [6.45, 7) is 0. The molecule has 7 heteroatoms. The van der Waals surface area contributed by atoms with E-state index in [4.69, 9.17) is 9.63 Å². The molecule has 1 aromatic carbocycles. The molecule has 18 heavy (non-hydrogen) atoms. The summed E-state index contributed by atoms with van der Waals surface area (Å²) in [7, 11) is 0. The number of halogens is 1. The smallest absolute Gasteiger partial charge is 0.358 e. The number of H-pyrrole nitrogens is 1. The number of nitrogens with zero attached hydrogens (tertiary/aromatic N) is 2. The molecule has 6 nitrogen and oxygen atoms in total. The molecule has 0 atom stereocenters. The molecule has 2 aromatic heterocycles. The minimum absolute atomic E-state index is 0.114. The zero-order chi connectivity index (χ0) is 12.7. The summed E-state index contributed by atoms with van der Waals surface area (Å²) >= 11 is 3.34. The fraction of sp³-hybridized carbons (Fsp3) is 0. The lowest BCUT2D eigenvalue weighted by Crippen LogP contribution is -1.94. The summed E-state index contributed by atoms with van der Waals surface area (Å²) in [5, 5.41) is 20.0. The van der Waals surface area contributed by atoms with Gasteiger partial charge in [0, 0.05) is 17.0 Å². The number of fused-ring (bicyclic) bond motifs is 1. The van der Waals surface area contributed by atoms with Crippen LogP contribution in [0.5, 0.6) is 0 Å². The van der Waals surface area contributed by atoms with E-state index in [2.05, 4.69) is 31.3 Å². The molecule has 0 fully saturated rings. The van der Waals surface area contributed by atoms with Crippen LogP contribution in [0.15, 0.2) is 33.4 Å². The van der Waals surface area contributed by atoms with Gasteiger partial charge >= 0.3 is 5.97 Å². The standard InChI is InChI=1S/C11H6BrN3O3/c12-10-6-3-5(1-2-7(6)13-14-10)9-4-8(11(16)17)15-18-9/h1-4H,(H,13,14)(H,16,17). The monoisotopic (exact) mass is 307 g/mol. The van der Waals surface area contributed by atoms with Crippen molar-refractivity contribution in [3.8, 4) is 11.3 Å². The largest absolute Gasteiger partial charge is 0.476 e. The van der Waals surface area contributed by atoms with Gasteiger partial charge in [-0.15, -0.1) is 0 Å². The molecule has 2 heterocycles. The second kappa shape index (κ2) is 3.95. The van der Waals surface area contributed by atoms with Crippen molar-refractivity contribution in [3.05, 3.63) is 34.6 Å². The maximum atomic E-state index is 10.7. The lowest BCUT2D eigenvalue weighted by Gasteiger charge is -1.95. The average molecular weight is 308 g/mol. The van der Waals surface area contributed by atoms with Crippen LogP contribution in [0.25, 0.3) is 22.2 Å². The highest BCUT2D eigenvalue weighted by atomic mass is 79.9. The Labute approximate surface area is 109 Å². The van der Waals surface area contributed by atoms with Crippen molar-refractivity contribution >= 4 is 32.8 Å². The van der Waals surface area contributed by atoms with Crippen LogP contribution in [0.4, 0.5) is 0 Å². The molecule has 3 rings (SSSR count). The number of hydrogen-bond donors (Lipinski definition) is 2. The Morgan fingerprint density at radius 3 is 2.94 bits per heavy atom. The summed E-state index contributed by atoms with van der Waals surface area (Å²) in [6.07, 6.45) is 0. The highest BCUT2D eigenvalue weighted by Gasteiger charge is 2.13. The number of carbonyl (C=O) groups is 1. The van der Waals surface area contributed by atoms with Crippen LogP contribution in [0, 0.1) is 0 Å². The molecule has 0 unspecified atom stereocenters. The third-order valence-corrected chi connectivity index (χ3v) is 3.13. The number of carboxylic acids is 1. The molecule has 0 aliphatic heterocycles. The van der Waals surface area contributed by atoms with Gasteiger partial charge in [-0.1, -0.05) is 5.16 Å². The topological polar surface area (TPSA) is 92.0 Å². The van der Waals surface area contributed by atoms with E-state index in [0.717, 1.165) is 21.1 Å². The first-order valence-electron chi connectivity index (χ1n) is 4.99. The van der Waals surface area contributed by atoms with Gasteiger partial charge in [0.05, 0.1) is 5.52 Å². The molecule has 0 aliphatic rings. The van der Waals surface area contributed by atoms with E-state index < -0.39 is 5.97 Å². The predicted octanol–water partition coefficient (Wildman–Crippen LogP) is 2.68. The first-order valence-corrected chi connectivity index (χ1v) is 5.78. The highest BCUT2D eigenvalue weighted by molar-refractivity contribution is 9.10. The summed E-state index contributed by atoms with van der Waals surface area (Å²) in [6, 6.07) is 6.84. The molecular weight excluding hydrogens is 302 g/mol. The van der Waals surface area contributed by atoms with Crippen molar-refractivity contribution in [2.24, 2.45) is 0 Å². The summed E-state index contributed by atoms with van der Waals surface area (Å²) in [5.41, 5.74) is 1.43. The van der Waals surface area contributed by atoms with E-state index in [-0.39, 0.29) is 5.69 Å². The Kier molecular flexibility index (Phi) is 2.41. The van der Waals surface area contributed by atoms with Crippen LogP contribution in [0.2, 0.25) is 0 Å². The van der Waals surface area contributed by atoms with Gasteiger partial charge in [-0.25, -0.2) is 4.79 Å². The third kappa shape index (κ3) is 1.68. The number of aromatic nitrogens is 3. The molecule has 0 aliphatic carbocycles. The van der Waals surface area contributed by atoms with E-state index in [0.29, 0.717) is 5.76 Å². The van der Waals surface area contributed by atoms with Gasteiger partial charge in [0.2, 0.25) is 0 Å². The van der Waals surface area contributed by atoms with Crippen LogP contribution >= 0.6 is 15.9 Å². The number of hydrogen-bond acceptors (Lipinski definition) is 4. The van der Waals surface area contributed by atoms with E-state index in [1.807, 2.05) is 12.1 Å². The molecular formula is C11H6BrN3O3. The Balaban J connectivity index is 2.12. The number of aromatic carboxylic acids is 1. The normalized spacial score (nSPS) is 10.9. The van der Waals surface area contributed by atoms with Crippen molar-refractivity contribution in [2.75, 3.05) is 0 Å².